The monoisotopic (exact) mass is 405 g/mol. The van der Waals surface area contributed by atoms with Gasteiger partial charge in [-0.15, -0.1) is 11.8 Å². The molecule has 0 bridgehead atoms. The van der Waals surface area contributed by atoms with Crippen molar-refractivity contribution in [3.05, 3.63) is 35.4 Å². The van der Waals surface area contributed by atoms with Crippen LogP contribution in [-0.4, -0.2) is 35.2 Å². The summed E-state index contributed by atoms with van der Waals surface area (Å²) in [5, 5.41) is -0.123. The maximum atomic E-state index is 13.0. The zero-order chi connectivity index (χ0) is 20.7. The van der Waals surface area contributed by atoms with Gasteiger partial charge in [-0.05, 0) is 29.4 Å². The molecule has 1 saturated heterocycles. The van der Waals surface area contributed by atoms with Crippen molar-refractivity contribution in [2.24, 2.45) is 0 Å². The third-order valence-electron chi connectivity index (χ3n) is 5.06. The molecule has 0 radical (unpaired) electrons. The molecule has 1 aromatic rings. The highest BCUT2D eigenvalue weighted by Crippen LogP contribution is 2.42. The lowest BCUT2D eigenvalue weighted by Gasteiger charge is -2.29. The fourth-order valence-electron chi connectivity index (χ4n) is 3.35. The van der Waals surface area contributed by atoms with Crippen LogP contribution in [0.25, 0.3) is 0 Å². The Morgan fingerprint density at radius 2 is 1.79 bits per heavy atom. The Balaban J connectivity index is 2.23. The molecule has 4 nitrogen and oxygen atoms in total. The first-order valence-electron chi connectivity index (χ1n) is 10.5. The number of hydrogen-bond acceptors (Lipinski definition) is 4. The van der Waals surface area contributed by atoms with E-state index in [-0.39, 0.29) is 22.7 Å². The first kappa shape index (κ1) is 22.8. The summed E-state index contributed by atoms with van der Waals surface area (Å²) in [6.45, 7) is 11.1. The van der Waals surface area contributed by atoms with E-state index in [1.54, 1.807) is 16.7 Å². The SMILES string of the molecule is CCCCCC(=O)N1[C@@H](C(=O)OCCC)CS[C@@H]1c1ccc(C(C)(C)C)cc1. The summed E-state index contributed by atoms with van der Waals surface area (Å²) in [6.07, 6.45) is 4.24. The standard InChI is InChI=1S/C23H35NO3S/c1-6-8-9-10-20(25)24-19(22(26)27-15-7-2)16-28-21(24)17-11-13-18(14-12-17)23(3,4)5/h11-14,19,21H,6-10,15-16H2,1-5H3/t19-,21-/m1/s1. The minimum atomic E-state index is -0.488. The average Bonchev–Trinajstić information content (AvgIpc) is 3.11. The molecule has 1 fully saturated rings. The first-order valence-corrected chi connectivity index (χ1v) is 11.5. The van der Waals surface area contributed by atoms with Gasteiger partial charge >= 0.3 is 5.97 Å². The number of rotatable bonds is 8. The molecule has 5 heteroatoms. The van der Waals surface area contributed by atoms with Crippen molar-refractivity contribution in [3.63, 3.8) is 0 Å². The molecule has 2 atom stereocenters. The van der Waals surface area contributed by atoms with Crippen LogP contribution in [0, 0.1) is 0 Å². The van der Waals surface area contributed by atoms with E-state index in [2.05, 4.69) is 52.0 Å². The summed E-state index contributed by atoms with van der Waals surface area (Å²) in [6, 6.07) is 7.99. The van der Waals surface area contributed by atoms with E-state index in [1.165, 1.54) is 5.56 Å². The fourth-order valence-corrected chi connectivity index (χ4v) is 4.79. The Morgan fingerprint density at radius 3 is 2.36 bits per heavy atom. The molecule has 1 amide bonds. The van der Waals surface area contributed by atoms with Gasteiger partial charge in [-0.3, -0.25) is 4.79 Å². The molecule has 0 aromatic heterocycles. The van der Waals surface area contributed by atoms with Gasteiger partial charge in [0.25, 0.3) is 0 Å². The highest BCUT2D eigenvalue weighted by Gasteiger charge is 2.42. The Bertz CT molecular complexity index is 651. The van der Waals surface area contributed by atoms with E-state index in [0.29, 0.717) is 18.8 Å². The van der Waals surface area contributed by atoms with Crippen molar-refractivity contribution in [2.45, 2.75) is 83.6 Å². The number of nitrogens with zero attached hydrogens (tertiary/aromatic N) is 1. The van der Waals surface area contributed by atoms with Crippen LogP contribution < -0.4 is 0 Å². The van der Waals surface area contributed by atoms with Crippen molar-refractivity contribution in [1.82, 2.24) is 4.90 Å². The van der Waals surface area contributed by atoms with Crippen molar-refractivity contribution in [2.75, 3.05) is 12.4 Å². The average molecular weight is 406 g/mol. The van der Waals surface area contributed by atoms with Crippen LogP contribution in [-0.2, 0) is 19.7 Å². The number of thioether (sulfide) groups is 1. The van der Waals surface area contributed by atoms with Crippen LogP contribution >= 0.6 is 11.8 Å². The topological polar surface area (TPSA) is 46.6 Å². The Morgan fingerprint density at radius 1 is 1.11 bits per heavy atom. The van der Waals surface area contributed by atoms with E-state index < -0.39 is 6.04 Å². The van der Waals surface area contributed by atoms with Crippen molar-refractivity contribution in [3.8, 4) is 0 Å². The number of ether oxygens (including phenoxy) is 1. The van der Waals surface area contributed by atoms with Gasteiger partial charge in [0.05, 0.1) is 6.61 Å². The molecule has 28 heavy (non-hydrogen) atoms. The largest absolute Gasteiger partial charge is 0.464 e. The second-order valence-electron chi connectivity index (χ2n) is 8.50. The molecule has 0 saturated carbocycles. The van der Waals surface area contributed by atoms with Crippen molar-refractivity contribution >= 4 is 23.6 Å². The van der Waals surface area contributed by atoms with Gasteiger partial charge in [-0.25, -0.2) is 4.79 Å². The molecular weight excluding hydrogens is 370 g/mol. The second kappa shape index (κ2) is 10.3. The van der Waals surface area contributed by atoms with Gasteiger partial charge in [0.2, 0.25) is 5.91 Å². The van der Waals surface area contributed by atoms with Crippen LogP contribution in [0.3, 0.4) is 0 Å². The van der Waals surface area contributed by atoms with Crippen molar-refractivity contribution < 1.29 is 14.3 Å². The number of benzene rings is 1. The number of amides is 1. The Kier molecular flexibility index (Phi) is 8.41. The van der Waals surface area contributed by atoms with Crippen LogP contribution in [0.5, 0.6) is 0 Å². The molecule has 0 spiro atoms. The lowest BCUT2D eigenvalue weighted by atomic mass is 9.86. The third-order valence-corrected chi connectivity index (χ3v) is 6.39. The highest BCUT2D eigenvalue weighted by molar-refractivity contribution is 7.99. The van der Waals surface area contributed by atoms with E-state index in [4.69, 9.17) is 4.74 Å². The Hall–Kier alpha value is -1.49. The summed E-state index contributed by atoms with van der Waals surface area (Å²) in [5.74, 6) is 0.377. The van der Waals surface area contributed by atoms with Gasteiger partial charge in [0.1, 0.15) is 11.4 Å². The smallest absolute Gasteiger partial charge is 0.329 e. The summed E-state index contributed by atoms with van der Waals surface area (Å²) in [4.78, 5) is 27.4. The lowest BCUT2D eigenvalue weighted by molar-refractivity contribution is -0.154. The van der Waals surface area contributed by atoms with Gasteiger partial charge in [-0.2, -0.15) is 0 Å². The zero-order valence-electron chi connectivity index (χ0n) is 18.0. The van der Waals surface area contributed by atoms with Crippen molar-refractivity contribution in [1.29, 1.82) is 0 Å². The molecule has 0 N–H and O–H groups in total. The van der Waals surface area contributed by atoms with Gasteiger partial charge in [0.15, 0.2) is 0 Å². The summed E-state index contributed by atoms with van der Waals surface area (Å²) >= 11 is 1.66. The van der Waals surface area contributed by atoms with Crippen LogP contribution in [0.4, 0.5) is 0 Å². The van der Waals surface area contributed by atoms with Gasteiger partial charge in [0, 0.05) is 12.2 Å². The Labute approximate surface area is 174 Å². The molecular formula is C23H35NO3S. The molecule has 1 aromatic carbocycles. The molecule has 0 unspecified atom stereocenters. The van der Waals surface area contributed by atoms with Crippen LogP contribution in [0.2, 0.25) is 0 Å². The molecule has 1 heterocycles. The second-order valence-corrected chi connectivity index (χ2v) is 9.61. The van der Waals surface area contributed by atoms with E-state index in [9.17, 15) is 9.59 Å². The molecule has 1 aliphatic heterocycles. The third kappa shape index (κ3) is 5.76. The number of hydrogen-bond donors (Lipinski definition) is 0. The maximum absolute atomic E-state index is 13.0. The van der Waals surface area contributed by atoms with E-state index >= 15 is 0 Å². The lowest BCUT2D eigenvalue weighted by Crippen LogP contribution is -2.43. The molecule has 156 valence electrons. The highest BCUT2D eigenvalue weighted by atomic mass is 32.2. The number of esters is 1. The normalized spacial score (nSPS) is 19.7. The molecule has 2 rings (SSSR count). The molecule has 1 aliphatic rings. The summed E-state index contributed by atoms with van der Waals surface area (Å²) in [5.41, 5.74) is 2.43. The maximum Gasteiger partial charge on any atom is 0.329 e. The van der Waals surface area contributed by atoms with Crippen LogP contribution in [0.15, 0.2) is 24.3 Å². The van der Waals surface area contributed by atoms with Crippen LogP contribution in [0.1, 0.15) is 83.2 Å². The zero-order valence-corrected chi connectivity index (χ0v) is 18.8. The van der Waals surface area contributed by atoms with E-state index in [0.717, 1.165) is 31.2 Å². The number of carbonyl (C=O) groups is 2. The van der Waals surface area contributed by atoms with E-state index in [1.807, 2.05) is 6.92 Å². The first-order chi connectivity index (χ1) is 13.3. The van der Waals surface area contributed by atoms with Gasteiger partial charge < -0.3 is 9.64 Å². The quantitative estimate of drug-likeness (QED) is 0.425. The number of unbranched alkanes of at least 4 members (excludes halogenated alkanes) is 2. The number of carbonyl (C=O) groups excluding carboxylic acids is 2. The minimum absolute atomic E-state index is 0.0572. The predicted molar refractivity (Wildman–Crippen MR) is 116 cm³/mol. The predicted octanol–water partition coefficient (Wildman–Crippen LogP) is 5.46. The summed E-state index contributed by atoms with van der Waals surface area (Å²) < 4.78 is 5.38. The molecule has 0 aliphatic carbocycles. The fraction of sp³-hybridized carbons (Fsp3) is 0.652. The summed E-state index contributed by atoms with van der Waals surface area (Å²) in [7, 11) is 0. The van der Waals surface area contributed by atoms with Gasteiger partial charge in [-0.1, -0.05) is 71.7 Å². The minimum Gasteiger partial charge on any atom is -0.464 e.